The number of nitrogens with zero attached hydrogens (tertiary/aromatic N) is 5. The Hall–Kier alpha value is -2.81. The number of allylic oxidation sites excluding steroid dienone is 1. The molecule has 3 aliphatic heterocycles. The predicted octanol–water partition coefficient (Wildman–Crippen LogP) is 3.79. The Labute approximate surface area is 232 Å². The number of pyridine rings is 1. The SMILES string of the molecule is COC1=CN(C)C(C(F)F)C=C1c1cc(N2CC3(C2)CC(C)(O)C3)ncc1N=C1NN(C)C(C#CC2CC2)S1. The summed E-state index contributed by atoms with van der Waals surface area (Å²) in [6.45, 7) is 3.49. The van der Waals surface area contributed by atoms with Crippen LogP contribution in [0.1, 0.15) is 38.2 Å². The van der Waals surface area contributed by atoms with Crippen LogP contribution < -0.4 is 10.3 Å². The lowest BCUT2D eigenvalue weighted by molar-refractivity contribution is -0.126. The van der Waals surface area contributed by atoms with Crippen LogP contribution in [0, 0.1) is 23.2 Å². The van der Waals surface area contributed by atoms with Crippen LogP contribution >= 0.6 is 11.8 Å². The predicted molar refractivity (Wildman–Crippen MR) is 149 cm³/mol. The summed E-state index contributed by atoms with van der Waals surface area (Å²) in [4.78, 5) is 13.2. The van der Waals surface area contributed by atoms with Crippen molar-refractivity contribution in [1.82, 2.24) is 20.3 Å². The fraction of sp³-hybridized carbons (Fsp3) is 0.571. The van der Waals surface area contributed by atoms with Gasteiger partial charge < -0.3 is 19.6 Å². The van der Waals surface area contributed by atoms with Crippen molar-refractivity contribution in [2.45, 2.75) is 56.0 Å². The molecule has 0 radical (unpaired) electrons. The molecule has 2 N–H and O–H groups in total. The quantitative estimate of drug-likeness (QED) is 0.531. The number of aliphatic hydroxyl groups is 1. The molecule has 2 atom stereocenters. The van der Waals surface area contributed by atoms with E-state index in [1.165, 1.54) is 36.6 Å². The van der Waals surface area contributed by atoms with E-state index in [2.05, 4.69) is 22.2 Å². The van der Waals surface area contributed by atoms with Gasteiger partial charge in [0, 0.05) is 55.9 Å². The van der Waals surface area contributed by atoms with Crippen molar-refractivity contribution in [3.63, 3.8) is 0 Å². The topological polar surface area (TPSA) is 76.5 Å². The van der Waals surface area contributed by atoms with E-state index in [0.29, 0.717) is 33.7 Å². The van der Waals surface area contributed by atoms with Crippen molar-refractivity contribution in [3.05, 3.63) is 35.9 Å². The van der Waals surface area contributed by atoms with Gasteiger partial charge >= 0.3 is 0 Å². The Kier molecular flexibility index (Phi) is 6.56. The Morgan fingerprint density at radius 2 is 2.00 bits per heavy atom. The second-order valence-electron chi connectivity index (χ2n) is 11.7. The van der Waals surface area contributed by atoms with Gasteiger partial charge in [0.25, 0.3) is 6.43 Å². The van der Waals surface area contributed by atoms with Crippen LogP contribution in [0.15, 0.2) is 35.3 Å². The van der Waals surface area contributed by atoms with Crippen molar-refractivity contribution in [2.24, 2.45) is 16.3 Å². The number of hydrogen-bond donors (Lipinski definition) is 2. The molecule has 5 aliphatic rings. The molecule has 39 heavy (non-hydrogen) atoms. The third-order valence-electron chi connectivity index (χ3n) is 7.98. The number of rotatable bonds is 5. The van der Waals surface area contributed by atoms with Crippen molar-refractivity contribution < 1.29 is 18.6 Å². The van der Waals surface area contributed by atoms with Crippen LogP contribution in [0.25, 0.3) is 5.57 Å². The fourth-order valence-corrected chi connectivity index (χ4v) is 7.00. The molecule has 1 spiro atoms. The number of nitrogens with one attached hydrogen (secondary N) is 1. The maximum absolute atomic E-state index is 13.9. The third-order valence-corrected chi connectivity index (χ3v) is 9.04. The standard InChI is InChI=1S/C28H34F2N6O2S/c1-27(37)13-28(14-27)15-36(16-28)23-10-18(19-9-21(25(29)30)34(2)12-22(19)38-4)20(11-31-23)32-26-33-35(3)24(39-26)8-7-17-5-6-17/h9-12,17,21,24-25,37H,5-6,13-16H2,1-4H3,(H,32,33). The second-order valence-corrected chi connectivity index (χ2v) is 12.8. The number of hydrazine groups is 1. The van der Waals surface area contributed by atoms with E-state index in [1.807, 2.05) is 25.0 Å². The molecule has 6 rings (SSSR count). The minimum absolute atomic E-state index is 0.0582. The third kappa shape index (κ3) is 5.22. The number of ether oxygens (including phenoxy) is 1. The molecule has 1 aromatic heterocycles. The molecule has 2 saturated heterocycles. The van der Waals surface area contributed by atoms with Gasteiger partial charge in [-0.3, -0.25) is 5.43 Å². The van der Waals surface area contributed by atoms with Crippen molar-refractivity contribution in [3.8, 4) is 11.8 Å². The highest BCUT2D eigenvalue weighted by Crippen LogP contribution is 2.54. The number of likely N-dealkylation sites (N-methyl/N-ethyl adjacent to an activating group) is 1. The van der Waals surface area contributed by atoms with Gasteiger partial charge in [-0.25, -0.2) is 18.8 Å². The number of aromatic nitrogens is 1. The molecule has 4 fully saturated rings. The van der Waals surface area contributed by atoms with E-state index in [1.54, 1.807) is 25.5 Å². The first-order chi connectivity index (χ1) is 18.5. The molecular weight excluding hydrogens is 522 g/mol. The van der Waals surface area contributed by atoms with Gasteiger partial charge in [-0.05, 0) is 44.7 Å². The van der Waals surface area contributed by atoms with Gasteiger partial charge in [0.05, 0.1) is 24.6 Å². The maximum atomic E-state index is 13.9. The first-order valence-electron chi connectivity index (χ1n) is 13.3. The minimum atomic E-state index is -2.57. The second kappa shape index (κ2) is 9.68. The van der Waals surface area contributed by atoms with Gasteiger partial charge in [-0.2, -0.15) is 5.01 Å². The minimum Gasteiger partial charge on any atom is -0.495 e. The zero-order chi connectivity index (χ0) is 27.5. The molecule has 8 nitrogen and oxygen atoms in total. The van der Waals surface area contributed by atoms with E-state index in [-0.39, 0.29) is 10.8 Å². The fourth-order valence-electron chi connectivity index (χ4n) is 6.10. The number of hydrogen-bond acceptors (Lipinski definition) is 8. The number of aliphatic imine (C=N–C) groups is 1. The normalized spacial score (nSPS) is 28.4. The van der Waals surface area contributed by atoms with Gasteiger partial charge in [0.1, 0.15) is 23.0 Å². The van der Waals surface area contributed by atoms with Crippen LogP contribution in [-0.4, -0.2) is 82.9 Å². The van der Waals surface area contributed by atoms with Crippen LogP contribution in [0.5, 0.6) is 0 Å². The Morgan fingerprint density at radius 1 is 1.26 bits per heavy atom. The molecule has 1 aromatic rings. The number of halogens is 2. The van der Waals surface area contributed by atoms with Gasteiger partial charge in [-0.1, -0.05) is 23.6 Å². The number of anilines is 1. The van der Waals surface area contributed by atoms with Crippen molar-refractivity contribution in [1.29, 1.82) is 0 Å². The molecule has 11 heteroatoms. The van der Waals surface area contributed by atoms with Gasteiger partial charge in [0.2, 0.25) is 0 Å². The summed E-state index contributed by atoms with van der Waals surface area (Å²) in [5, 5.41) is 12.8. The lowest BCUT2D eigenvalue weighted by Gasteiger charge is -2.62. The number of alkyl halides is 2. The maximum Gasteiger partial charge on any atom is 0.262 e. The van der Waals surface area contributed by atoms with Crippen LogP contribution in [0.3, 0.4) is 0 Å². The lowest BCUT2D eigenvalue weighted by atomic mass is 9.56. The zero-order valence-corrected chi connectivity index (χ0v) is 23.4. The first-order valence-corrected chi connectivity index (χ1v) is 14.1. The molecular formula is C28H34F2N6O2S. The summed E-state index contributed by atoms with van der Waals surface area (Å²) >= 11 is 1.52. The monoisotopic (exact) mass is 556 g/mol. The summed E-state index contributed by atoms with van der Waals surface area (Å²) in [6, 6.07) is 0.830. The molecule has 2 unspecified atom stereocenters. The highest BCUT2D eigenvalue weighted by Gasteiger charge is 2.57. The van der Waals surface area contributed by atoms with Crippen LogP contribution in [-0.2, 0) is 4.74 Å². The summed E-state index contributed by atoms with van der Waals surface area (Å²) in [6.07, 6.45) is 6.19. The van der Waals surface area contributed by atoms with Crippen LogP contribution in [0.2, 0.25) is 0 Å². The van der Waals surface area contributed by atoms with Crippen molar-refractivity contribution >= 4 is 34.0 Å². The Bertz CT molecular complexity index is 1300. The average molecular weight is 557 g/mol. The summed E-state index contributed by atoms with van der Waals surface area (Å²) in [5.41, 5.74) is 4.61. The highest BCUT2D eigenvalue weighted by atomic mass is 32.2. The van der Waals surface area contributed by atoms with Gasteiger partial charge in [-0.15, -0.1) is 0 Å². The molecule has 4 heterocycles. The molecule has 2 aliphatic carbocycles. The largest absolute Gasteiger partial charge is 0.495 e. The summed E-state index contributed by atoms with van der Waals surface area (Å²) in [5.74, 6) is 8.38. The summed E-state index contributed by atoms with van der Waals surface area (Å²) < 4.78 is 33.5. The first kappa shape index (κ1) is 26.4. The van der Waals surface area contributed by atoms with Crippen LogP contribution in [0.4, 0.5) is 20.3 Å². The van der Waals surface area contributed by atoms with E-state index in [9.17, 15) is 13.9 Å². The molecule has 0 bridgehead atoms. The van der Waals surface area contributed by atoms with Crippen molar-refractivity contribution in [2.75, 3.05) is 39.2 Å². The number of amidine groups is 1. The smallest absolute Gasteiger partial charge is 0.262 e. The lowest BCUT2D eigenvalue weighted by Crippen LogP contribution is -2.67. The number of thioether (sulfide) groups is 1. The Balaban J connectivity index is 1.33. The molecule has 208 valence electrons. The average Bonchev–Trinajstić information content (AvgIpc) is 3.61. The summed E-state index contributed by atoms with van der Waals surface area (Å²) in [7, 11) is 5.09. The van der Waals surface area contributed by atoms with E-state index in [4.69, 9.17) is 14.7 Å². The van der Waals surface area contributed by atoms with E-state index < -0.39 is 18.1 Å². The van der Waals surface area contributed by atoms with E-state index in [0.717, 1.165) is 31.7 Å². The molecule has 2 saturated carbocycles. The highest BCUT2D eigenvalue weighted by molar-refractivity contribution is 8.14. The van der Waals surface area contributed by atoms with Gasteiger partial charge in [0.15, 0.2) is 5.17 Å². The zero-order valence-electron chi connectivity index (χ0n) is 22.6. The Morgan fingerprint density at radius 3 is 2.64 bits per heavy atom. The number of methoxy groups -OCH3 is 1. The molecule has 0 aromatic carbocycles. The molecule has 0 amide bonds. The van der Waals surface area contributed by atoms with E-state index >= 15 is 0 Å².